The zero-order chi connectivity index (χ0) is 28.7. The fraction of sp³-hybridized carbons (Fsp3) is 0.0698. The van der Waals surface area contributed by atoms with Gasteiger partial charge in [-0.05, 0) is 99.7 Å². The summed E-state index contributed by atoms with van der Waals surface area (Å²) in [5.41, 5.74) is 10.6. The lowest BCUT2D eigenvalue weighted by atomic mass is 9.78. The third-order valence-electron chi connectivity index (χ3n) is 9.82. The highest BCUT2D eigenvalue weighted by Crippen LogP contribution is 2.55. The molecular formula is C43H30. The van der Waals surface area contributed by atoms with Crippen LogP contribution in [0.3, 0.4) is 0 Å². The summed E-state index contributed by atoms with van der Waals surface area (Å²) in [6.45, 7) is 4.81. The van der Waals surface area contributed by atoms with Crippen molar-refractivity contribution in [2.45, 2.75) is 19.3 Å². The Kier molecular flexibility index (Phi) is 5.05. The molecule has 0 saturated heterocycles. The second kappa shape index (κ2) is 8.90. The molecular weight excluding hydrogens is 516 g/mol. The minimum atomic E-state index is -0.120. The molecule has 0 atom stereocenters. The quantitative estimate of drug-likeness (QED) is 0.189. The fourth-order valence-corrected chi connectivity index (χ4v) is 7.81. The molecule has 1 aliphatic carbocycles. The molecule has 0 heterocycles. The number of rotatable bonds is 2. The van der Waals surface area contributed by atoms with Gasteiger partial charge in [-0.25, -0.2) is 0 Å². The van der Waals surface area contributed by atoms with E-state index < -0.39 is 0 Å². The molecule has 0 N–H and O–H groups in total. The Bertz CT molecular complexity index is 2420. The van der Waals surface area contributed by atoms with Crippen LogP contribution in [0, 0.1) is 0 Å². The molecule has 0 bridgehead atoms. The van der Waals surface area contributed by atoms with Crippen LogP contribution in [0.2, 0.25) is 0 Å². The van der Waals surface area contributed by atoms with Crippen molar-refractivity contribution < 1.29 is 0 Å². The van der Waals surface area contributed by atoms with Crippen LogP contribution in [0.1, 0.15) is 25.0 Å². The summed E-state index contributed by atoms with van der Waals surface area (Å²) in [5.74, 6) is 0. The van der Waals surface area contributed by atoms with Crippen LogP contribution in [-0.4, -0.2) is 0 Å². The summed E-state index contributed by atoms with van der Waals surface area (Å²) in [7, 11) is 0. The van der Waals surface area contributed by atoms with Crippen molar-refractivity contribution >= 4 is 43.1 Å². The minimum Gasteiger partial charge on any atom is -0.0616 e. The van der Waals surface area contributed by atoms with Crippen molar-refractivity contribution in [3.8, 4) is 33.4 Å². The van der Waals surface area contributed by atoms with Crippen LogP contribution in [0.4, 0.5) is 0 Å². The molecule has 0 spiro atoms. The topological polar surface area (TPSA) is 0 Å². The lowest BCUT2D eigenvalue weighted by Crippen LogP contribution is -2.15. The number of fused-ring (bicyclic) bond motifs is 10. The molecule has 9 rings (SSSR count). The molecule has 0 aromatic heterocycles. The predicted octanol–water partition coefficient (Wildman–Crippen LogP) is 11.9. The second-order valence-electron chi connectivity index (χ2n) is 12.5. The van der Waals surface area contributed by atoms with E-state index in [-0.39, 0.29) is 5.41 Å². The van der Waals surface area contributed by atoms with Gasteiger partial charge in [-0.1, -0.05) is 147 Å². The molecule has 0 nitrogen and oxygen atoms in total. The Hall–Kier alpha value is -5.20. The largest absolute Gasteiger partial charge is 0.0616 e. The van der Waals surface area contributed by atoms with Crippen LogP contribution in [0.5, 0.6) is 0 Å². The van der Waals surface area contributed by atoms with Crippen LogP contribution >= 0.6 is 0 Å². The molecule has 0 aliphatic heterocycles. The van der Waals surface area contributed by atoms with E-state index in [1.54, 1.807) is 0 Å². The maximum absolute atomic E-state index is 2.47. The SMILES string of the molecule is CC1(C)c2cc(-c3ccc(-c4ccc5ccccc5c4)c4ccccc34)ccc2-c2c1c1ccccc1c1ccccc21. The summed E-state index contributed by atoms with van der Waals surface area (Å²) in [6.07, 6.45) is 0. The first-order valence-electron chi connectivity index (χ1n) is 15.2. The van der Waals surface area contributed by atoms with Gasteiger partial charge in [-0.3, -0.25) is 0 Å². The van der Waals surface area contributed by atoms with E-state index in [9.17, 15) is 0 Å². The first-order valence-corrected chi connectivity index (χ1v) is 15.2. The molecule has 43 heavy (non-hydrogen) atoms. The van der Waals surface area contributed by atoms with Gasteiger partial charge in [0.15, 0.2) is 0 Å². The van der Waals surface area contributed by atoms with Gasteiger partial charge in [0.05, 0.1) is 0 Å². The third-order valence-corrected chi connectivity index (χ3v) is 9.82. The van der Waals surface area contributed by atoms with E-state index in [4.69, 9.17) is 0 Å². The van der Waals surface area contributed by atoms with E-state index in [0.29, 0.717) is 0 Å². The average molecular weight is 547 g/mol. The van der Waals surface area contributed by atoms with Gasteiger partial charge >= 0.3 is 0 Å². The van der Waals surface area contributed by atoms with Crippen LogP contribution in [-0.2, 0) is 5.41 Å². The Labute approximate surface area is 251 Å². The molecule has 0 unspecified atom stereocenters. The summed E-state index contributed by atoms with van der Waals surface area (Å²) < 4.78 is 0. The van der Waals surface area contributed by atoms with Gasteiger partial charge < -0.3 is 0 Å². The monoisotopic (exact) mass is 546 g/mol. The predicted molar refractivity (Wildman–Crippen MR) is 185 cm³/mol. The second-order valence-corrected chi connectivity index (χ2v) is 12.5. The van der Waals surface area contributed by atoms with Gasteiger partial charge in [0.25, 0.3) is 0 Å². The maximum Gasteiger partial charge on any atom is 0.0165 e. The molecule has 0 radical (unpaired) electrons. The van der Waals surface area contributed by atoms with E-state index >= 15 is 0 Å². The summed E-state index contributed by atoms with van der Waals surface area (Å²) in [4.78, 5) is 0. The number of benzene rings is 8. The summed E-state index contributed by atoms with van der Waals surface area (Å²) in [5, 5.41) is 10.5. The van der Waals surface area contributed by atoms with E-state index in [2.05, 4.69) is 159 Å². The van der Waals surface area contributed by atoms with E-state index in [1.165, 1.54) is 87.6 Å². The van der Waals surface area contributed by atoms with Gasteiger partial charge in [0.2, 0.25) is 0 Å². The molecule has 202 valence electrons. The highest BCUT2D eigenvalue weighted by Gasteiger charge is 2.38. The number of hydrogen-bond acceptors (Lipinski definition) is 0. The van der Waals surface area contributed by atoms with Crippen molar-refractivity contribution in [1.82, 2.24) is 0 Å². The van der Waals surface area contributed by atoms with Crippen LogP contribution in [0.15, 0.2) is 146 Å². The third kappa shape index (κ3) is 3.44. The lowest BCUT2D eigenvalue weighted by molar-refractivity contribution is 0.667. The van der Waals surface area contributed by atoms with Crippen molar-refractivity contribution in [3.63, 3.8) is 0 Å². The average Bonchev–Trinajstić information content (AvgIpc) is 3.30. The van der Waals surface area contributed by atoms with Crippen molar-refractivity contribution in [2.75, 3.05) is 0 Å². The lowest BCUT2D eigenvalue weighted by Gasteiger charge is -2.24. The highest BCUT2D eigenvalue weighted by molar-refractivity contribution is 6.18. The molecule has 0 fully saturated rings. The molecule has 0 saturated carbocycles. The van der Waals surface area contributed by atoms with E-state index in [0.717, 1.165) is 0 Å². The standard InChI is InChI=1S/C43H30/c1-43(2)40-26-30(21-22-39(40)41-37-17-9-7-15-35(37)36-16-8-10-18-38(36)42(41)43)32-24-23-31(33-13-5-6-14-34(32)33)29-20-19-27-11-3-4-12-28(27)25-29/h3-26H,1-2H3. The first-order chi connectivity index (χ1) is 21.1. The van der Waals surface area contributed by atoms with E-state index in [1.807, 2.05) is 0 Å². The van der Waals surface area contributed by atoms with Gasteiger partial charge in [-0.2, -0.15) is 0 Å². The zero-order valence-electron chi connectivity index (χ0n) is 24.4. The van der Waals surface area contributed by atoms with Gasteiger partial charge in [-0.15, -0.1) is 0 Å². The maximum atomic E-state index is 2.47. The Morgan fingerprint density at radius 3 is 1.56 bits per heavy atom. The summed E-state index contributed by atoms with van der Waals surface area (Å²) in [6, 6.07) is 54.0. The molecule has 1 aliphatic rings. The van der Waals surface area contributed by atoms with Crippen molar-refractivity contribution in [2.24, 2.45) is 0 Å². The Balaban J connectivity index is 1.26. The number of hydrogen-bond donors (Lipinski definition) is 0. The van der Waals surface area contributed by atoms with Crippen LogP contribution in [0.25, 0.3) is 76.5 Å². The highest BCUT2D eigenvalue weighted by atomic mass is 14.4. The smallest absolute Gasteiger partial charge is 0.0165 e. The summed E-state index contributed by atoms with van der Waals surface area (Å²) >= 11 is 0. The first kappa shape index (κ1) is 24.4. The minimum absolute atomic E-state index is 0.120. The van der Waals surface area contributed by atoms with Gasteiger partial charge in [0.1, 0.15) is 0 Å². The Morgan fingerprint density at radius 2 is 0.860 bits per heavy atom. The molecule has 8 aromatic carbocycles. The molecule has 0 amide bonds. The molecule has 8 aromatic rings. The van der Waals surface area contributed by atoms with Crippen molar-refractivity contribution in [3.05, 3.63) is 157 Å². The molecule has 0 heteroatoms. The Morgan fingerprint density at radius 1 is 0.372 bits per heavy atom. The van der Waals surface area contributed by atoms with Crippen molar-refractivity contribution in [1.29, 1.82) is 0 Å². The fourth-order valence-electron chi connectivity index (χ4n) is 7.81. The van der Waals surface area contributed by atoms with Crippen LogP contribution < -0.4 is 0 Å². The van der Waals surface area contributed by atoms with Gasteiger partial charge in [0, 0.05) is 5.41 Å². The zero-order valence-corrected chi connectivity index (χ0v) is 24.4. The normalized spacial score (nSPS) is 13.5.